The minimum absolute atomic E-state index is 0.147. The average Bonchev–Trinajstić information content (AvgIpc) is 2.56. The van der Waals surface area contributed by atoms with Gasteiger partial charge in [-0.25, -0.2) is 22.0 Å². The summed E-state index contributed by atoms with van der Waals surface area (Å²) in [5, 5.41) is 6.50. The second-order valence-electron chi connectivity index (χ2n) is 6.73. The standard InChI is InChI=1S/C18H15F5N2O/c1-8-5-9(6-10(17(8)26)18(2,3)4)7-24-25-16-14(22)12(20)11(19)13(21)15(16)23/h5-7H,1-4H3. The summed E-state index contributed by atoms with van der Waals surface area (Å²) in [7, 11) is 0. The first-order valence-electron chi connectivity index (χ1n) is 7.52. The fourth-order valence-electron chi connectivity index (χ4n) is 2.27. The molecule has 0 saturated heterocycles. The van der Waals surface area contributed by atoms with E-state index in [-0.39, 0.29) is 5.78 Å². The molecule has 3 nitrogen and oxygen atoms in total. The molecule has 26 heavy (non-hydrogen) atoms. The molecule has 0 fully saturated rings. The molecular formula is C18H15F5N2O. The molecule has 0 heterocycles. The van der Waals surface area contributed by atoms with Gasteiger partial charge in [0.05, 0.1) is 6.20 Å². The number of nitrogens with zero attached hydrogens (tertiary/aromatic N) is 2. The van der Waals surface area contributed by atoms with E-state index in [4.69, 9.17) is 0 Å². The van der Waals surface area contributed by atoms with E-state index >= 15 is 0 Å². The number of azo groups is 1. The zero-order chi connectivity index (χ0) is 19.8. The van der Waals surface area contributed by atoms with Crippen LogP contribution in [-0.2, 0) is 4.79 Å². The third kappa shape index (κ3) is 3.63. The van der Waals surface area contributed by atoms with Gasteiger partial charge < -0.3 is 0 Å². The molecule has 2 rings (SSSR count). The third-order valence-corrected chi connectivity index (χ3v) is 3.66. The molecule has 138 valence electrons. The Labute approximate surface area is 146 Å². The molecule has 0 N–H and O–H groups in total. The third-order valence-electron chi connectivity index (χ3n) is 3.66. The maximum Gasteiger partial charge on any atom is 0.200 e. The highest BCUT2D eigenvalue weighted by Crippen LogP contribution is 2.33. The average molecular weight is 370 g/mol. The Morgan fingerprint density at radius 3 is 1.88 bits per heavy atom. The number of ketones is 1. The van der Waals surface area contributed by atoms with Crippen LogP contribution in [0.15, 0.2) is 45.3 Å². The Kier molecular flexibility index (Phi) is 5.25. The number of allylic oxidation sites excluding steroid dienone is 5. The number of Topliss-reactive ketones (excluding diaryl/α,β-unsaturated/α-hetero) is 1. The van der Waals surface area contributed by atoms with Gasteiger partial charge in [0.1, 0.15) is 0 Å². The Balaban J connectivity index is 2.45. The second-order valence-corrected chi connectivity index (χ2v) is 6.73. The summed E-state index contributed by atoms with van der Waals surface area (Å²) in [6.07, 6.45) is 4.09. The SMILES string of the molecule is CC1=CC(=CN=Nc2c(F)c(F)c(F)c(F)c2F)C=C(C(C)(C)C)C1=O. The number of rotatable bonds is 2. The second kappa shape index (κ2) is 6.93. The molecule has 1 aromatic rings. The molecule has 1 aliphatic rings. The number of halogens is 5. The summed E-state index contributed by atoms with van der Waals surface area (Å²) in [6, 6.07) is 0. The Morgan fingerprint density at radius 1 is 0.885 bits per heavy atom. The number of hydrogen-bond donors (Lipinski definition) is 0. The smallest absolute Gasteiger partial charge is 0.200 e. The Hall–Kier alpha value is -2.64. The minimum Gasteiger partial charge on any atom is -0.289 e. The van der Waals surface area contributed by atoms with Crippen molar-refractivity contribution in [2.24, 2.45) is 15.6 Å². The van der Waals surface area contributed by atoms with Crippen LogP contribution in [0, 0.1) is 34.5 Å². The van der Waals surface area contributed by atoms with Gasteiger partial charge in [0.2, 0.25) is 5.82 Å². The zero-order valence-corrected chi connectivity index (χ0v) is 14.4. The molecule has 0 unspecified atom stereocenters. The Morgan fingerprint density at radius 2 is 1.38 bits per heavy atom. The van der Waals surface area contributed by atoms with Gasteiger partial charge in [-0.05, 0) is 35.6 Å². The normalized spacial score (nSPS) is 17.1. The molecule has 0 aliphatic heterocycles. The van der Waals surface area contributed by atoms with E-state index in [2.05, 4.69) is 10.2 Å². The van der Waals surface area contributed by atoms with Gasteiger partial charge >= 0.3 is 0 Å². The molecule has 0 amide bonds. The van der Waals surface area contributed by atoms with Crippen molar-refractivity contribution in [1.29, 1.82) is 0 Å². The highest BCUT2D eigenvalue weighted by molar-refractivity contribution is 6.10. The molecule has 0 aromatic heterocycles. The lowest BCUT2D eigenvalue weighted by Crippen LogP contribution is -2.21. The molecule has 1 aliphatic carbocycles. The van der Waals surface area contributed by atoms with E-state index in [1.54, 1.807) is 6.92 Å². The van der Waals surface area contributed by atoms with E-state index in [0.717, 1.165) is 6.20 Å². The fourth-order valence-corrected chi connectivity index (χ4v) is 2.27. The summed E-state index contributed by atoms with van der Waals surface area (Å²) in [5.74, 6) is -10.7. The van der Waals surface area contributed by atoms with Crippen molar-refractivity contribution in [3.8, 4) is 0 Å². The number of hydrogen-bond acceptors (Lipinski definition) is 3. The molecule has 1 aromatic carbocycles. The van der Waals surface area contributed by atoms with E-state index in [0.29, 0.717) is 16.7 Å². The van der Waals surface area contributed by atoms with Crippen LogP contribution in [0.4, 0.5) is 27.6 Å². The van der Waals surface area contributed by atoms with Gasteiger partial charge in [0.15, 0.2) is 34.7 Å². The predicted molar refractivity (Wildman–Crippen MR) is 85.1 cm³/mol. The lowest BCUT2D eigenvalue weighted by Gasteiger charge is -2.24. The van der Waals surface area contributed by atoms with Crippen molar-refractivity contribution in [3.05, 3.63) is 64.2 Å². The van der Waals surface area contributed by atoms with Crippen LogP contribution in [0.25, 0.3) is 0 Å². The summed E-state index contributed by atoms with van der Waals surface area (Å²) < 4.78 is 66.3. The maximum absolute atomic E-state index is 13.5. The molecule has 8 heteroatoms. The predicted octanol–water partition coefficient (Wildman–Crippen LogP) is 5.85. The molecular weight excluding hydrogens is 355 g/mol. The summed E-state index contributed by atoms with van der Waals surface area (Å²) >= 11 is 0. The van der Waals surface area contributed by atoms with Gasteiger partial charge in [-0.2, -0.15) is 5.11 Å². The first-order chi connectivity index (χ1) is 11.9. The van der Waals surface area contributed by atoms with Crippen LogP contribution in [-0.4, -0.2) is 5.78 Å². The minimum atomic E-state index is -2.26. The van der Waals surface area contributed by atoms with Gasteiger partial charge in [-0.1, -0.05) is 20.8 Å². The summed E-state index contributed by atoms with van der Waals surface area (Å²) in [6.45, 7) is 7.10. The van der Waals surface area contributed by atoms with Gasteiger partial charge in [0.25, 0.3) is 0 Å². The molecule has 0 spiro atoms. The van der Waals surface area contributed by atoms with Crippen LogP contribution in [0.1, 0.15) is 27.7 Å². The van der Waals surface area contributed by atoms with Crippen molar-refractivity contribution >= 4 is 11.5 Å². The van der Waals surface area contributed by atoms with Crippen molar-refractivity contribution < 1.29 is 26.7 Å². The van der Waals surface area contributed by atoms with E-state index in [9.17, 15) is 26.7 Å². The molecule has 0 atom stereocenters. The fraction of sp³-hybridized carbons (Fsp3) is 0.278. The molecule has 0 radical (unpaired) electrons. The monoisotopic (exact) mass is 370 g/mol. The quantitative estimate of drug-likeness (QED) is 0.279. The van der Waals surface area contributed by atoms with Crippen LogP contribution >= 0.6 is 0 Å². The highest BCUT2D eigenvalue weighted by atomic mass is 19.2. The first kappa shape index (κ1) is 19.7. The van der Waals surface area contributed by atoms with Gasteiger partial charge in [-0.3, -0.25) is 4.79 Å². The van der Waals surface area contributed by atoms with Crippen LogP contribution < -0.4 is 0 Å². The van der Waals surface area contributed by atoms with Gasteiger partial charge in [-0.15, -0.1) is 5.11 Å². The van der Waals surface area contributed by atoms with Crippen LogP contribution in [0.5, 0.6) is 0 Å². The van der Waals surface area contributed by atoms with Crippen LogP contribution in [0.3, 0.4) is 0 Å². The van der Waals surface area contributed by atoms with Crippen molar-refractivity contribution in [2.45, 2.75) is 27.7 Å². The van der Waals surface area contributed by atoms with Crippen molar-refractivity contribution in [1.82, 2.24) is 0 Å². The molecule has 0 bridgehead atoms. The van der Waals surface area contributed by atoms with E-state index in [1.807, 2.05) is 20.8 Å². The van der Waals surface area contributed by atoms with Crippen molar-refractivity contribution in [3.63, 3.8) is 0 Å². The number of carbonyl (C=O) groups is 1. The Bertz CT molecular complexity index is 876. The first-order valence-corrected chi connectivity index (χ1v) is 7.52. The largest absolute Gasteiger partial charge is 0.289 e. The lowest BCUT2D eigenvalue weighted by atomic mass is 9.78. The number of benzene rings is 1. The topological polar surface area (TPSA) is 41.8 Å². The highest BCUT2D eigenvalue weighted by Gasteiger charge is 2.27. The number of carbonyl (C=O) groups excluding carboxylic acids is 1. The van der Waals surface area contributed by atoms with Gasteiger partial charge in [0, 0.05) is 5.57 Å². The summed E-state index contributed by atoms with van der Waals surface area (Å²) in [4.78, 5) is 12.2. The molecule has 0 saturated carbocycles. The zero-order valence-electron chi connectivity index (χ0n) is 14.4. The maximum atomic E-state index is 13.5. The van der Waals surface area contributed by atoms with E-state index in [1.165, 1.54) is 12.2 Å². The van der Waals surface area contributed by atoms with Crippen molar-refractivity contribution in [2.75, 3.05) is 0 Å². The van der Waals surface area contributed by atoms with E-state index < -0.39 is 40.2 Å². The summed E-state index contributed by atoms with van der Waals surface area (Å²) in [5.41, 5.74) is -0.514. The van der Waals surface area contributed by atoms with Crippen LogP contribution in [0.2, 0.25) is 0 Å². The lowest BCUT2D eigenvalue weighted by molar-refractivity contribution is -0.113.